The second kappa shape index (κ2) is 34.4. The van der Waals surface area contributed by atoms with Gasteiger partial charge < -0.3 is 80.2 Å². The van der Waals surface area contributed by atoms with Gasteiger partial charge in [0.25, 0.3) is 17.7 Å². The molecule has 4 bridgehead atoms. The number of rotatable bonds is 23. The number of urea groups is 1. The number of amides is 7. The first-order valence-electron chi connectivity index (χ1n) is 36.6. The first-order valence-corrected chi connectivity index (χ1v) is 36.6. The summed E-state index contributed by atoms with van der Waals surface area (Å²) in [7, 11) is 5.22. The molecule has 582 valence electrons. The number of unbranched alkanes of at least 4 members (excludes halogenated alkanes) is 2. The number of benzene rings is 4. The van der Waals surface area contributed by atoms with Gasteiger partial charge in [-0.15, -0.1) is 0 Å². The highest BCUT2D eigenvalue weighted by Crippen LogP contribution is 2.43. The Morgan fingerprint density at radius 1 is 0.898 bits per heavy atom. The number of Topliss-reactive ketones (excluding diaryl/α,β-unsaturated/α-hetero) is 1. The molecule has 5 heterocycles. The Morgan fingerprint density at radius 3 is 2.24 bits per heavy atom. The molecule has 4 aliphatic rings. The fourth-order valence-electron chi connectivity index (χ4n) is 15.0. The van der Waals surface area contributed by atoms with Crippen LogP contribution in [0.3, 0.4) is 0 Å². The lowest BCUT2D eigenvalue weighted by Crippen LogP contribution is -2.59. The maximum Gasteiger partial charge on any atom is 0.312 e. The summed E-state index contributed by atoms with van der Waals surface area (Å²) in [4.78, 5) is 141. The summed E-state index contributed by atoms with van der Waals surface area (Å²) in [5, 5.41) is 57.9. The number of allylic oxidation sites excluding steroid dienone is 2. The molecular weight excluding hydrogens is 1400 g/mol. The third kappa shape index (κ3) is 18.2. The van der Waals surface area contributed by atoms with Crippen LogP contribution in [0.2, 0.25) is 0 Å². The molecule has 28 nitrogen and oxygen atoms in total. The number of imide groups is 1. The largest absolute Gasteiger partial charge is 0.507 e. The van der Waals surface area contributed by atoms with Gasteiger partial charge in [0.2, 0.25) is 22.7 Å². The zero-order chi connectivity index (χ0) is 79.1. The first kappa shape index (κ1) is 82.0. The minimum Gasteiger partial charge on any atom is -0.507 e. The predicted octanol–water partition coefficient (Wildman–Crippen LogP) is 7.34. The van der Waals surface area contributed by atoms with Gasteiger partial charge in [0.15, 0.2) is 34.4 Å². The van der Waals surface area contributed by atoms with Gasteiger partial charge in [-0.25, -0.2) is 14.2 Å². The van der Waals surface area contributed by atoms with Crippen molar-refractivity contribution in [1.29, 1.82) is 0 Å². The van der Waals surface area contributed by atoms with Crippen molar-refractivity contribution < 1.29 is 91.0 Å². The van der Waals surface area contributed by atoms with Gasteiger partial charge in [0, 0.05) is 147 Å². The maximum atomic E-state index is 17.0. The van der Waals surface area contributed by atoms with E-state index in [1.165, 1.54) is 83.6 Å². The van der Waals surface area contributed by atoms with Crippen LogP contribution in [0.4, 0.5) is 26.2 Å². The van der Waals surface area contributed by atoms with E-state index in [0.29, 0.717) is 44.3 Å². The number of aliphatic hydroxyl groups excluding tert-OH is 3. The molecule has 13 atom stereocenters. The second-order valence-corrected chi connectivity index (χ2v) is 30.0. The van der Waals surface area contributed by atoms with Crippen molar-refractivity contribution in [3.05, 3.63) is 121 Å². The lowest BCUT2D eigenvalue weighted by atomic mass is 9.78. The Labute approximate surface area is 624 Å². The van der Waals surface area contributed by atoms with Gasteiger partial charge in [0.05, 0.1) is 61.9 Å². The van der Waals surface area contributed by atoms with Gasteiger partial charge in [-0.05, 0) is 63.7 Å². The third-order valence-corrected chi connectivity index (χ3v) is 21.4. The summed E-state index contributed by atoms with van der Waals surface area (Å²) < 4.78 is 48.0. The molecule has 108 heavy (non-hydrogen) atoms. The normalized spacial score (nSPS) is 25.3. The number of aromatic hydroxyl groups is 1. The number of hydrogen-bond donors (Lipinski definition) is 9. The number of alkyl halides is 1. The van der Waals surface area contributed by atoms with Crippen molar-refractivity contribution in [2.45, 2.75) is 176 Å². The van der Waals surface area contributed by atoms with Crippen LogP contribution in [0, 0.1) is 42.4 Å². The number of ketones is 1. The van der Waals surface area contributed by atoms with Crippen LogP contribution in [0.5, 0.6) is 11.5 Å². The van der Waals surface area contributed by atoms with E-state index in [0.717, 1.165) is 10.5 Å². The zero-order valence-electron chi connectivity index (χ0n) is 63.4. The lowest BCUT2D eigenvalue weighted by Gasteiger charge is -2.45. The number of aliphatic hydroxyl groups is 3. The number of halogens is 1. The molecular formula is C79H101FN9O19+. The van der Waals surface area contributed by atoms with E-state index in [1.54, 1.807) is 64.7 Å². The number of ether oxygens (including phenoxy) is 4. The fraction of sp³-hybridized carbons (Fsp3) is 0.506. The lowest BCUT2D eigenvalue weighted by molar-refractivity contribution is -0.931. The number of esters is 1. The number of nitrogens with one attached hydrogen (secondary N) is 4. The van der Waals surface area contributed by atoms with Crippen LogP contribution in [-0.2, 0) is 54.3 Å². The number of carbonyl (C=O) groups excluding carboxylic acids is 8. The van der Waals surface area contributed by atoms with Gasteiger partial charge in [-0.3, -0.25) is 48.1 Å². The number of anilines is 3. The highest BCUT2D eigenvalue weighted by atomic mass is 19.1. The minimum atomic E-state index is -2.09. The molecule has 9 rings (SSSR count). The molecule has 10 N–H and O–H groups in total. The van der Waals surface area contributed by atoms with Crippen LogP contribution in [0.25, 0.3) is 38.7 Å². The number of nitrogens with zero attached hydrogens (tertiary/aromatic N) is 4. The van der Waals surface area contributed by atoms with E-state index in [2.05, 4.69) is 21.3 Å². The molecule has 1 saturated heterocycles. The summed E-state index contributed by atoms with van der Waals surface area (Å²) in [6.07, 6.45) is 6.28. The fourth-order valence-corrected chi connectivity index (χ4v) is 15.0. The summed E-state index contributed by atoms with van der Waals surface area (Å²) in [5.74, 6) is -10.8. The molecule has 0 spiro atoms. The van der Waals surface area contributed by atoms with Gasteiger partial charge >= 0.3 is 17.8 Å². The number of piperidine rings is 1. The quantitative estimate of drug-likeness (QED) is 0.00771. The van der Waals surface area contributed by atoms with Crippen LogP contribution < -0.4 is 52.7 Å². The summed E-state index contributed by atoms with van der Waals surface area (Å²) >= 11 is 0. The first-order chi connectivity index (χ1) is 51.0. The molecule has 1 fully saturated rings. The van der Waals surface area contributed by atoms with Crippen LogP contribution in [-0.4, -0.2) is 178 Å². The topological polar surface area (TPSA) is 395 Å². The molecule has 0 aliphatic carbocycles. The highest BCUT2D eigenvalue weighted by Gasteiger charge is 2.46. The molecule has 1 aromatic heterocycles. The Hall–Kier alpha value is -10.1. The van der Waals surface area contributed by atoms with E-state index in [1.807, 2.05) is 26.2 Å². The van der Waals surface area contributed by atoms with Crippen molar-refractivity contribution >= 4 is 103 Å². The molecule has 29 heteroatoms. The van der Waals surface area contributed by atoms with Crippen molar-refractivity contribution in [3.63, 3.8) is 0 Å². The van der Waals surface area contributed by atoms with Gasteiger partial charge in [-0.1, -0.05) is 78.3 Å². The van der Waals surface area contributed by atoms with Crippen LogP contribution in [0.15, 0.2) is 98.7 Å². The summed E-state index contributed by atoms with van der Waals surface area (Å²) in [5.41, 5.74) is 3.61. The number of fused-ring (bicyclic) bond motifs is 2. The molecule has 0 saturated carbocycles. The number of phenols is 1. The van der Waals surface area contributed by atoms with E-state index >= 15 is 9.18 Å². The van der Waals surface area contributed by atoms with E-state index < -0.39 is 135 Å². The summed E-state index contributed by atoms with van der Waals surface area (Å²) in [6, 6.07) is 7.60. The number of carbonyl (C=O) groups is 8. The van der Waals surface area contributed by atoms with Crippen molar-refractivity contribution in [2.24, 2.45) is 41.2 Å². The monoisotopic (exact) mass is 1500 g/mol. The second-order valence-electron chi connectivity index (χ2n) is 30.0. The Kier molecular flexibility index (Phi) is 26.1. The standard InChI is InChI=1S/C79H100FN9O19/c1-40(2)64(84-58(93)22-15-14-16-32-88-59(94)27-28-60(88)95)54(91)35-49(21-18-31-82-78(81)103)77(102)83-50-25-23-48(24-26-50)39-89(11,12)53-29-33-87(38-52(53)80)51-36-55(92)65-57(37-51)107-74-66(85-65)61-62-70(98)46(8)73-63(61)75(100)79(10,108-73)105-34-30-56(104-13)43(5)72(106-47(9)90)45(7)69(97)44(6)68(96)41(3)19-17-20-42(4)76(101)86-67(74)71(62)99/h17,19-20,23-28,30,34,36-37,40-41,43-45,49,52-53,56,64,68-69,72,96-97H,14-16,18,21-22,29,31-33,35,38-39H2,1-13H3,(H7-,81,82,83,84,85,86,92,93,94,95,98,99,100,101,102,103)/p+1/b19-17+,34-30+,42-20-/t41-,43+,44+,45+,49+,52?,53?,56-,64-,68-,69+,72+,79-/m0/s1. The molecule has 2 unspecified atom stereocenters. The van der Waals surface area contributed by atoms with Gasteiger partial charge in [0.1, 0.15) is 41.4 Å². The van der Waals surface area contributed by atoms with Crippen LogP contribution in [0.1, 0.15) is 125 Å². The molecule has 5 aromatic rings. The number of methoxy groups -OCH3 is 1. The molecule has 4 aromatic carbocycles. The van der Waals surface area contributed by atoms with Gasteiger partial charge in [-0.2, -0.15) is 0 Å². The Bertz CT molecular complexity index is 4590. The number of aromatic nitrogens is 1. The zero-order valence-corrected chi connectivity index (χ0v) is 63.4. The van der Waals surface area contributed by atoms with Crippen molar-refractivity contribution in [1.82, 2.24) is 20.5 Å². The number of nitrogens with two attached hydrogens (primary N) is 1. The number of quaternary nitrogens is 1. The average molecular weight is 1500 g/mol. The minimum absolute atomic E-state index is 0.0194. The highest BCUT2D eigenvalue weighted by molar-refractivity contribution is 6.17. The van der Waals surface area contributed by atoms with E-state index in [-0.39, 0.29) is 135 Å². The van der Waals surface area contributed by atoms with Crippen molar-refractivity contribution in [3.8, 4) is 11.5 Å². The SMILES string of the molecule is CO[C@H]1/C=C/O[C@@]2(C)Oc3c(C)c(O)c4c(=O)c(c5oc6cc(N7CCC([N+](C)(C)Cc8ccc(NC(=O)[C@H](CCCNC(N)=O)CC(=O)[C@@H](NC(=O)CCCCCN9C(=O)C=CC9=O)C(C)C)cc8)C(F)C7)cc(=O)c6nc5c4c3=C2O)NC(=O)/C(C)=C\C=C\[C@H](C)[C@H](O)[C@@H](C)[C@@H](O)[C@@H](C)[C@H](OC(C)=O)[C@@H]1C. The van der Waals surface area contributed by atoms with Crippen LogP contribution >= 0.6 is 0 Å². The maximum absolute atomic E-state index is 17.0. The smallest absolute Gasteiger partial charge is 0.312 e. The number of hydrogen-bond acceptors (Lipinski definition) is 21. The molecule has 7 amide bonds. The Morgan fingerprint density at radius 2 is 1.59 bits per heavy atom. The molecule has 4 aliphatic heterocycles. The average Bonchev–Trinajstić information content (AvgIpc) is 1.41. The van der Waals surface area contributed by atoms with E-state index in [9.17, 15) is 63.6 Å². The number of primary amides is 1. The van der Waals surface area contributed by atoms with Crippen molar-refractivity contribution in [2.75, 3.05) is 62.9 Å². The third-order valence-electron chi connectivity index (χ3n) is 21.4. The predicted molar refractivity (Wildman–Crippen MR) is 402 cm³/mol. The molecule has 0 radical (unpaired) electrons. The van der Waals surface area contributed by atoms with E-state index in [4.69, 9.17) is 34.1 Å². The summed E-state index contributed by atoms with van der Waals surface area (Å²) in [6.45, 7) is 16.7. The Balaban J connectivity index is 0.953. The number of phenolic OH excluding ortho intramolecular Hbond substituents is 1.